The van der Waals surface area contributed by atoms with Gasteiger partial charge in [0, 0.05) is 10.9 Å². The molecule has 0 N–H and O–H groups in total. The maximum atomic E-state index is 4.91. The summed E-state index contributed by atoms with van der Waals surface area (Å²) in [4.78, 5) is 0. The first-order valence-electron chi connectivity index (χ1n) is 7.44. The van der Waals surface area contributed by atoms with Crippen molar-refractivity contribution in [2.45, 2.75) is 6.92 Å². The molecule has 2 heteroatoms. The number of fused-ring (bicyclic) bond motifs is 1. The Hall–Kier alpha value is -2.87. The van der Waals surface area contributed by atoms with Crippen LogP contribution in [0.5, 0.6) is 0 Å². The first-order chi connectivity index (χ1) is 10.8. The number of hydrogen-bond donors (Lipinski definition) is 0. The van der Waals surface area contributed by atoms with Crippen LogP contribution in [0.1, 0.15) is 5.56 Å². The van der Waals surface area contributed by atoms with E-state index in [1.165, 1.54) is 16.5 Å². The van der Waals surface area contributed by atoms with E-state index in [2.05, 4.69) is 61.5 Å². The highest BCUT2D eigenvalue weighted by atomic mass is 15.3. The Labute approximate surface area is 129 Å². The van der Waals surface area contributed by atoms with Gasteiger partial charge >= 0.3 is 0 Å². The second-order valence-corrected chi connectivity index (χ2v) is 5.43. The lowest BCUT2D eigenvalue weighted by Crippen LogP contribution is -1.97. The number of nitrogens with zero attached hydrogens (tertiary/aromatic N) is 2. The molecular formula is C20H16N2. The van der Waals surface area contributed by atoms with Crippen molar-refractivity contribution in [1.82, 2.24) is 9.78 Å². The molecule has 0 spiro atoms. The van der Waals surface area contributed by atoms with Crippen LogP contribution in [-0.2, 0) is 0 Å². The van der Waals surface area contributed by atoms with Gasteiger partial charge in [-0.3, -0.25) is 0 Å². The summed E-state index contributed by atoms with van der Waals surface area (Å²) in [5.41, 5.74) is 5.67. The second-order valence-electron chi connectivity index (χ2n) is 5.43. The third kappa shape index (κ3) is 2.01. The van der Waals surface area contributed by atoms with E-state index in [0.717, 1.165) is 16.9 Å². The molecule has 0 amide bonds. The average molecular weight is 284 g/mol. The number of aryl methyl sites for hydroxylation is 1. The second kappa shape index (κ2) is 5.15. The highest BCUT2D eigenvalue weighted by Gasteiger charge is 2.14. The lowest BCUT2D eigenvalue weighted by atomic mass is 10.1. The Morgan fingerprint density at radius 2 is 1.41 bits per heavy atom. The fourth-order valence-electron chi connectivity index (χ4n) is 2.90. The molecule has 0 aliphatic carbocycles. The lowest BCUT2D eigenvalue weighted by Gasteiger charge is -2.04. The number of hydrogen-bond acceptors (Lipinski definition) is 1. The lowest BCUT2D eigenvalue weighted by molar-refractivity contribution is 0.912. The van der Waals surface area contributed by atoms with Crippen LogP contribution < -0.4 is 0 Å². The standard InChI is InChI=1S/C20H16N2/c1-15-9-8-14-18-19(16-10-4-2-5-11-16)21-22(20(15)18)17-12-6-3-7-13-17/h2-14H,1H3. The topological polar surface area (TPSA) is 17.8 Å². The number of para-hydroxylation sites is 2. The van der Waals surface area contributed by atoms with Crippen molar-refractivity contribution in [3.05, 3.63) is 84.4 Å². The minimum atomic E-state index is 1.03. The maximum absolute atomic E-state index is 4.91. The van der Waals surface area contributed by atoms with E-state index < -0.39 is 0 Å². The quantitative estimate of drug-likeness (QED) is 0.506. The fraction of sp³-hybridized carbons (Fsp3) is 0.0500. The van der Waals surface area contributed by atoms with Crippen molar-refractivity contribution in [2.75, 3.05) is 0 Å². The zero-order valence-corrected chi connectivity index (χ0v) is 12.4. The van der Waals surface area contributed by atoms with Crippen LogP contribution in [-0.4, -0.2) is 9.78 Å². The van der Waals surface area contributed by atoms with Crippen LogP contribution in [0.4, 0.5) is 0 Å². The molecule has 0 radical (unpaired) electrons. The summed E-state index contributed by atoms with van der Waals surface area (Å²) in [5, 5.41) is 6.10. The summed E-state index contributed by atoms with van der Waals surface area (Å²) in [6.07, 6.45) is 0. The average Bonchev–Trinajstić information content (AvgIpc) is 2.98. The summed E-state index contributed by atoms with van der Waals surface area (Å²) < 4.78 is 2.05. The summed E-state index contributed by atoms with van der Waals surface area (Å²) in [7, 11) is 0. The Morgan fingerprint density at radius 3 is 2.14 bits per heavy atom. The van der Waals surface area contributed by atoms with Crippen LogP contribution in [0.15, 0.2) is 78.9 Å². The number of benzene rings is 3. The van der Waals surface area contributed by atoms with E-state index in [-0.39, 0.29) is 0 Å². The van der Waals surface area contributed by atoms with Crippen LogP contribution in [0.25, 0.3) is 27.8 Å². The largest absolute Gasteiger partial charge is 0.232 e. The SMILES string of the molecule is Cc1cccc2c(-c3ccccc3)nn(-c3ccccc3)c12. The molecule has 106 valence electrons. The third-order valence-corrected chi connectivity index (χ3v) is 3.95. The van der Waals surface area contributed by atoms with E-state index in [9.17, 15) is 0 Å². The van der Waals surface area contributed by atoms with Gasteiger partial charge in [0.2, 0.25) is 0 Å². The van der Waals surface area contributed by atoms with Gasteiger partial charge < -0.3 is 0 Å². The molecule has 4 aromatic rings. The molecule has 0 saturated carbocycles. The summed E-state index contributed by atoms with van der Waals surface area (Å²) in [6, 6.07) is 27.0. The van der Waals surface area contributed by atoms with E-state index in [0.29, 0.717) is 0 Å². The van der Waals surface area contributed by atoms with Gasteiger partial charge in [-0.05, 0) is 24.6 Å². The van der Waals surface area contributed by atoms with Gasteiger partial charge in [0.15, 0.2) is 0 Å². The molecule has 4 rings (SSSR count). The van der Waals surface area contributed by atoms with Gasteiger partial charge in [-0.1, -0.05) is 66.7 Å². The molecule has 0 bridgehead atoms. The van der Waals surface area contributed by atoms with Crippen molar-refractivity contribution in [1.29, 1.82) is 0 Å². The van der Waals surface area contributed by atoms with E-state index in [1.54, 1.807) is 0 Å². The number of aromatic nitrogens is 2. The van der Waals surface area contributed by atoms with Crippen molar-refractivity contribution in [3.63, 3.8) is 0 Å². The Balaban J connectivity index is 2.07. The normalized spacial score (nSPS) is 11.0. The molecule has 1 heterocycles. The molecule has 0 aliphatic rings. The molecule has 0 aliphatic heterocycles. The Kier molecular flexibility index (Phi) is 3.01. The molecule has 0 atom stereocenters. The van der Waals surface area contributed by atoms with Crippen molar-refractivity contribution in [3.8, 4) is 16.9 Å². The maximum Gasteiger partial charge on any atom is 0.101 e. The molecule has 3 aromatic carbocycles. The van der Waals surface area contributed by atoms with Gasteiger partial charge in [0.25, 0.3) is 0 Å². The summed E-state index contributed by atoms with van der Waals surface area (Å²) in [5.74, 6) is 0. The minimum Gasteiger partial charge on any atom is -0.232 e. The van der Waals surface area contributed by atoms with Crippen molar-refractivity contribution >= 4 is 10.9 Å². The summed E-state index contributed by atoms with van der Waals surface area (Å²) >= 11 is 0. The van der Waals surface area contributed by atoms with Gasteiger partial charge in [-0.25, -0.2) is 4.68 Å². The Bertz CT molecular complexity index is 922. The van der Waals surface area contributed by atoms with Crippen molar-refractivity contribution < 1.29 is 0 Å². The van der Waals surface area contributed by atoms with E-state index in [4.69, 9.17) is 5.10 Å². The van der Waals surface area contributed by atoms with Crippen LogP contribution in [0, 0.1) is 6.92 Å². The molecule has 0 unspecified atom stereocenters. The predicted octanol–water partition coefficient (Wildman–Crippen LogP) is 5.00. The van der Waals surface area contributed by atoms with E-state index in [1.807, 2.05) is 28.9 Å². The fourth-order valence-corrected chi connectivity index (χ4v) is 2.90. The minimum absolute atomic E-state index is 1.03. The highest BCUT2D eigenvalue weighted by molar-refractivity contribution is 5.95. The smallest absolute Gasteiger partial charge is 0.101 e. The molecule has 1 aromatic heterocycles. The number of rotatable bonds is 2. The zero-order chi connectivity index (χ0) is 14.9. The predicted molar refractivity (Wildman–Crippen MR) is 91.2 cm³/mol. The van der Waals surface area contributed by atoms with Crippen LogP contribution >= 0.6 is 0 Å². The van der Waals surface area contributed by atoms with Gasteiger partial charge in [-0.15, -0.1) is 0 Å². The van der Waals surface area contributed by atoms with Gasteiger partial charge in [0.05, 0.1) is 11.2 Å². The monoisotopic (exact) mass is 284 g/mol. The Morgan fingerprint density at radius 1 is 0.727 bits per heavy atom. The molecular weight excluding hydrogens is 268 g/mol. The molecule has 0 saturated heterocycles. The third-order valence-electron chi connectivity index (χ3n) is 3.95. The molecule has 22 heavy (non-hydrogen) atoms. The zero-order valence-electron chi connectivity index (χ0n) is 12.4. The van der Waals surface area contributed by atoms with Gasteiger partial charge in [0.1, 0.15) is 5.69 Å². The van der Waals surface area contributed by atoms with Gasteiger partial charge in [-0.2, -0.15) is 5.10 Å². The van der Waals surface area contributed by atoms with E-state index >= 15 is 0 Å². The van der Waals surface area contributed by atoms with Crippen molar-refractivity contribution in [2.24, 2.45) is 0 Å². The van der Waals surface area contributed by atoms with Crippen LogP contribution in [0.3, 0.4) is 0 Å². The highest BCUT2D eigenvalue weighted by Crippen LogP contribution is 2.31. The molecule has 2 nitrogen and oxygen atoms in total. The molecule has 0 fully saturated rings. The van der Waals surface area contributed by atoms with Crippen LogP contribution in [0.2, 0.25) is 0 Å². The first kappa shape index (κ1) is 12.8. The first-order valence-corrected chi connectivity index (χ1v) is 7.44. The summed E-state index contributed by atoms with van der Waals surface area (Å²) in [6.45, 7) is 2.14.